The molecule has 14 heavy (non-hydrogen) atoms. The van der Waals surface area contributed by atoms with E-state index < -0.39 is 0 Å². The van der Waals surface area contributed by atoms with Gasteiger partial charge in [-0.05, 0) is 30.3 Å². The van der Waals surface area contributed by atoms with Gasteiger partial charge in [0.05, 0.1) is 11.4 Å². The quantitative estimate of drug-likeness (QED) is 0.708. The van der Waals surface area contributed by atoms with Crippen LogP contribution in [0, 0.1) is 5.92 Å². The van der Waals surface area contributed by atoms with Crippen molar-refractivity contribution in [3.05, 3.63) is 0 Å². The SMILES string of the molecule is NC(=S)CC(=O)NCC1CCSCC1. The van der Waals surface area contributed by atoms with Gasteiger partial charge >= 0.3 is 0 Å². The van der Waals surface area contributed by atoms with E-state index >= 15 is 0 Å². The summed E-state index contributed by atoms with van der Waals surface area (Å²) in [5.74, 6) is 3.04. The number of hydrogen-bond acceptors (Lipinski definition) is 3. The Hall–Kier alpha value is -0.290. The molecular formula is C9H16N2OS2. The van der Waals surface area contributed by atoms with E-state index in [4.69, 9.17) is 5.73 Å². The molecule has 5 heteroatoms. The molecule has 0 bridgehead atoms. The molecule has 1 heterocycles. The third-order valence-corrected chi connectivity index (χ3v) is 3.46. The van der Waals surface area contributed by atoms with E-state index in [1.807, 2.05) is 11.8 Å². The van der Waals surface area contributed by atoms with Crippen molar-refractivity contribution in [2.24, 2.45) is 11.7 Å². The van der Waals surface area contributed by atoms with Crippen molar-refractivity contribution < 1.29 is 4.79 Å². The minimum atomic E-state index is -0.0456. The normalized spacial score (nSPS) is 17.7. The van der Waals surface area contributed by atoms with Crippen LogP contribution in [0.3, 0.4) is 0 Å². The second kappa shape index (κ2) is 6.24. The first-order chi connectivity index (χ1) is 6.68. The molecule has 0 aromatic rings. The monoisotopic (exact) mass is 232 g/mol. The fourth-order valence-corrected chi connectivity index (χ4v) is 2.76. The molecule has 80 valence electrons. The van der Waals surface area contributed by atoms with Gasteiger partial charge in [0.15, 0.2) is 0 Å². The average Bonchev–Trinajstić information content (AvgIpc) is 2.15. The molecule has 0 atom stereocenters. The van der Waals surface area contributed by atoms with Gasteiger partial charge in [-0.25, -0.2) is 0 Å². The van der Waals surface area contributed by atoms with Crippen LogP contribution in [0.15, 0.2) is 0 Å². The lowest BCUT2D eigenvalue weighted by molar-refractivity contribution is -0.120. The van der Waals surface area contributed by atoms with Crippen LogP contribution in [0.25, 0.3) is 0 Å². The van der Waals surface area contributed by atoms with E-state index in [1.165, 1.54) is 24.3 Å². The molecule has 0 aromatic carbocycles. The van der Waals surface area contributed by atoms with E-state index in [0.29, 0.717) is 5.92 Å². The Morgan fingerprint density at radius 3 is 2.71 bits per heavy atom. The molecule has 0 aliphatic carbocycles. The predicted molar refractivity (Wildman–Crippen MR) is 64.5 cm³/mol. The van der Waals surface area contributed by atoms with Crippen molar-refractivity contribution >= 4 is 34.9 Å². The summed E-state index contributed by atoms with van der Waals surface area (Å²) in [7, 11) is 0. The number of rotatable bonds is 4. The van der Waals surface area contributed by atoms with Gasteiger partial charge in [0.2, 0.25) is 5.91 Å². The highest BCUT2D eigenvalue weighted by Gasteiger charge is 2.14. The van der Waals surface area contributed by atoms with Crippen LogP contribution in [-0.4, -0.2) is 28.9 Å². The summed E-state index contributed by atoms with van der Waals surface area (Å²) >= 11 is 6.65. The van der Waals surface area contributed by atoms with E-state index in [0.717, 1.165) is 6.54 Å². The molecule has 1 saturated heterocycles. The van der Waals surface area contributed by atoms with Crippen LogP contribution in [0.4, 0.5) is 0 Å². The maximum absolute atomic E-state index is 11.2. The molecule has 0 spiro atoms. The number of hydrogen-bond donors (Lipinski definition) is 2. The summed E-state index contributed by atoms with van der Waals surface area (Å²) in [5.41, 5.74) is 5.27. The fourth-order valence-electron chi connectivity index (χ4n) is 1.43. The lowest BCUT2D eigenvalue weighted by Gasteiger charge is -2.21. The first kappa shape index (κ1) is 11.8. The highest BCUT2D eigenvalue weighted by atomic mass is 32.2. The highest BCUT2D eigenvalue weighted by Crippen LogP contribution is 2.21. The summed E-state index contributed by atoms with van der Waals surface area (Å²) in [6.07, 6.45) is 2.59. The number of carbonyl (C=O) groups is 1. The van der Waals surface area contributed by atoms with E-state index in [2.05, 4.69) is 17.5 Å². The van der Waals surface area contributed by atoms with Crippen LogP contribution in [-0.2, 0) is 4.79 Å². The minimum Gasteiger partial charge on any atom is -0.393 e. The lowest BCUT2D eigenvalue weighted by Crippen LogP contribution is -2.33. The maximum atomic E-state index is 11.2. The fraction of sp³-hybridized carbons (Fsp3) is 0.778. The zero-order valence-corrected chi connectivity index (χ0v) is 9.76. The Morgan fingerprint density at radius 2 is 2.14 bits per heavy atom. The lowest BCUT2D eigenvalue weighted by atomic mass is 10.0. The summed E-state index contributed by atoms with van der Waals surface area (Å²) < 4.78 is 0. The smallest absolute Gasteiger partial charge is 0.226 e. The number of nitrogens with two attached hydrogens (primary N) is 1. The Balaban J connectivity index is 2.12. The van der Waals surface area contributed by atoms with Crippen LogP contribution >= 0.6 is 24.0 Å². The molecule has 3 nitrogen and oxygen atoms in total. The van der Waals surface area contributed by atoms with Gasteiger partial charge in [-0.3, -0.25) is 4.79 Å². The van der Waals surface area contributed by atoms with E-state index in [-0.39, 0.29) is 17.3 Å². The number of thioether (sulfide) groups is 1. The molecule has 0 radical (unpaired) electrons. The van der Waals surface area contributed by atoms with Crippen molar-refractivity contribution in [1.29, 1.82) is 0 Å². The number of carbonyl (C=O) groups excluding carboxylic acids is 1. The molecule has 0 unspecified atom stereocenters. The highest BCUT2D eigenvalue weighted by molar-refractivity contribution is 7.99. The number of amides is 1. The Bertz CT molecular complexity index is 215. The van der Waals surface area contributed by atoms with Gasteiger partial charge < -0.3 is 11.1 Å². The van der Waals surface area contributed by atoms with Crippen molar-refractivity contribution in [2.45, 2.75) is 19.3 Å². The molecular weight excluding hydrogens is 216 g/mol. The molecule has 1 aliphatic rings. The van der Waals surface area contributed by atoms with Gasteiger partial charge in [0.25, 0.3) is 0 Å². The minimum absolute atomic E-state index is 0.0456. The Morgan fingerprint density at radius 1 is 1.50 bits per heavy atom. The summed E-state index contributed by atoms with van der Waals surface area (Å²) in [6, 6.07) is 0. The van der Waals surface area contributed by atoms with Gasteiger partial charge in [-0.1, -0.05) is 12.2 Å². The Labute approximate surface area is 94.2 Å². The van der Waals surface area contributed by atoms with Crippen LogP contribution in [0.1, 0.15) is 19.3 Å². The average molecular weight is 232 g/mol. The molecule has 1 amide bonds. The number of nitrogens with one attached hydrogen (secondary N) is 1. The van der Waals surface area contributed by atoms with Crippen LogP contribution < -0.4 is 11.1 Å². The first-order valence-electron chi connectivity index (χ1n) is 4.81. The van der Waals surface area contributed by atoms with Crippen molar-refractivity contribution in [3.63, 3.8) is 0 Å². The second-order valence-corrected chi connectivity index (χ2v) is 5.25. The van der Waals surface area contributed by atoms with E-state index in [1.54, 1.807) is 0 Å². The Kier molecular flexibility index (Phi) is 5.25. The topological polar surface area (TPSA) is 55.1 Å². The number of thiocarbonyl (C=S) groups is 1. The molecule has 1 fully saturated rings. The first-order valence-corrected chi connectivity index (χ1v) is 6.37. The van der Waals surface area contributed by atoms with Gasteiger partial charge in [0.1, 0.15) is 0 Å². The van der Waals surface area contributed by atoms with Gasteiger partial charge in [0, 0.05) is 6.54 Å². The van der Waals surface area contributed by atoms with Crippen LogP contribution in [0.2, 0.25) is 0 Å². The molecule has 0 aromatic heterocycles. The van der Waals surface area contributed by atoms with E-state index in [9.17, 15) is 4.79 Å². The summed E-state index contributed by atoms with van der Waals surface area (Å²) in [6.45, 7) is 0.780. The van der Waals surface area contributed by atoms with Crippen LogP contribution in [0.5, 0.6) is 0 Å². The molecule has 1 rings (SSSR count). The van der Waals surface area contributed by atoms with Crippen molar-refractivity contribution in [2.75, 3.05) is 18.1 Å². The molecule has 3 N–H and O–H groups in total. The zero-order chi connectivity index (χ0) is 10.4. The predicted octanol–water partition coefficient (Wildman–Crippen LogP) is 0.922. The third-order valence-electron chi connectivity index (χ3n) is 2.26. The zero-order valence-electron chi connectivity index (χ0n) is 8.12. The molecule has 0 saturated carbocycles. The maximum Gasteiger partial charge on any atom is 0.226 e. The van der Waals surface area contributed by atoms with Crippen molar-refractivity contribution in [3.8, 4) is 0 Å². The standard InChI is InChI=1S/C9H16N2OS2/c10-8(13)5-9(12)11-6-7-1-3-14-4-2-7/h7H,1-6H2,(H2,10,13)(H,11,12). The van der Waals surface area contributed by atoms with Gasteiger partial charge in [-0.2, -0.15) is 11.8 Å². The summed E-state index contributed by atoms with van der Waals surface area (Å²) in [5, 5.41) is 2.87. The largest absolute Gasteiger partial charge is 0.393 e. The van der Waals surface area contributed by atoms with Crippen molar-refractivity contribution in [1.82, 2.24) is 5.32 Å². The van der Waals surface area contributed by atoms with Gasteiger partial charge in [-0.15, -0.1) is 0 Å². The third kappa shape index (κ3) is 4.81. The second-order valence-electron chi connectivity index (χ2n) is 3.50. The molecule has 1 aliphatic heterocycles. The summed E-state index contributed by atoms with van der Waals surface area (Å²) in [4.78, 5) is 11.5.